The van der Waals surface area contributed by atoms with E-state index in [1.165, 1.54) is 0 Å². The molecule has 1 saturated heterocycles. The van der Waals surface area contributed by atoms with Crippen LogP contribution in [0, 0.1) is 12.8 Å². The summed E-state index contributed by atoms with van der Waals surface area (Å²) < 4.78 is 10.5. The van der Waals surface area contributed by atoms with Crippen molar-refractivity contribution in [3.05, 3.63) is 30.1 Å². The Hall–Kier alpha value is -2.41. The summed E-state index contributed by atoms with van der Waals surface area (Å²) in [6.45, 7) is 4.15. The third-order valence-corrected chi connectivity index (χ3v) is 3.83. The molecule has 1 fully saturated rings. The van der Waals surface area contributed by atoms with Crippen LogP contribution in [0.2, 0.25) is 0 Å². The summed E-state index contributed by atoms with van der Waals surface area (Å²) in [5.74, 6) is 1.34. The molecule has 23 heavy (non-hydrogen) atoms. The van der Waals surface area contributed by atoms with Crippen LogP contribution in [0.5, 0.6) is 0 Å². The summed E-state index contributed by atoms with van der Waals surface area (Å²) in [7, 11) is 0. The van der Waals surface area contributed by atoms with Crippen LogP contribution in [0.15, 0.2) is 28.8 Å². The van der Waals surface area contributed by atoms with E-state index >= 15 is 0 Å². The number of benzene rings is 1. The van der Waals surface area contributed by atoms with Gasteiger partial charge >= 0.3 is 6.09 Å². The molecule has 7 heteroatoms. The van der Waals surface area contributed by atoms with Gasteiger partial charge in [0.05, 0.1) is 17.9 Å². The highest BCUT2D eigenvalue weighted by molar-refractivity contribution is 5.90. The highest BCUT2D eigenvalue weighted by Gasteiger charge is 2.17. The van der Waals surface area contributed by atoms with Gasteiger partial charge in [-0.15, -0.1) is 0 Å². The second kappa shape index (κ2) is 7.23. The number of nitrogens with one attached hydrogen (secondary N) is 2. The first-order valence-electron chi connectivity index (χ1n) is 7.76. The smallest absolute Gasteiger partial charge is 0.411 e. The summed E-state index contributed by atoms with van der Waals surface area (Å²) in [5, 5.41) is 9.82. The van der Waals surface area contributed by atoms with Gasteiger partial charge in [0.1, 0.15) is 0 Å². The Kier molecular flexibility index (Phi) is 4.87. The van der Waals surface area contributed by atoms with E-state index in [4.69, 9.17) is 9.26 Å². The number of hydrogen-bond acceptors (Lipinski definition) is 6. The Morgan fingerprint density at radius 2 is 2.17 bits per heavy atom. The fraction of sp³-hybridized carbons (Fsp3) is 0.438. The molecule has 3 rings (SSSR count). The second-order valence-corrected chi connectivity index (χ2v) is 5.61. The number of ether oxygens (including phenoxy) is 1. The molecule has 0 radical (unpaired) electrons. The van der Waals surface area contributed by atoms with Gasteiger partial charge < -0.3 is 14.6 Å². The van der Waals surface area contributed by atoms with E-state index in [9.17, 15) is 4.79 Å². The molecule has 1 aliphatic rings. The van der Waals surface area contributed by atoms with Gasteiger partial charge in [0.2, 0.25) is 0 Å². The van der Waals surface area contributed by atoms with Gasteiger partial charge in [-0.25, -0.2) is 4.79 Å². The maximum atomic E-state index is 12.0. The van der Waals surface area contributed by atoms with Crippen LogP contribution in [0.1, 0.15) is 18.7 Å². The summed E-state index contributed by atoms with van der Waals surface area (Å²) >= 11 is 0. The van der Waals surface area contributed by atoms with E-state index in [2.05, 4.69) is 20.8 Å². The molecule has 0 spiro atoms. The van der Waals surface area contributed by atoms with E-state index in [0.717, 1.165) is 25.9 Å². The van der Waals surface area contributed by atoms with Gasteiger partial charge in [-0.05, 0) is 50.9 Å². The van der Waals surface area contributed by atoms with Crippen LogP contribution in [0.4, 0.5) is 10.5 Å². The lowest BCUT2D eigenvalue weighted by Gasteiger charge is -2.22. The lowest BCUT2D eigenvalue weighted by atomic mass is 9.99. The van der Waals surface area contributed by atoms with Crippen molar-refractivity contribution in [3.8, 4) is 11.5 Å². The minimum absolute atomic E-state index is 0.372. The van der Waals surface area contributed by atoms with Crippen molar-refractivity contribution in [3.63, 3.8) is 0 Å². The number of anilines is 1. The van der Waals surface area contributed by atoms with Gasteiger partial charge in [0.25, 0.3) is 5.89 Å². The predicted octanol–water partition coefficient (Wildman–Crippen LogP) is 2.59. The maximum absolute atomic E-state index is 12.0. The van der Waals surface area contributed by atoms with E-state index in [0.29, 0.717) is 35.5 Å². The normalized spacial score (nSPS) is 15.3. The molecule has 0 atom stereocenters. The molecule has 2 N–H and O–H groups in total. The molecule has 2 aromatic rings. The molecular formula is C16H20N4O3. The molecule has 0 saturated carbocycles. The topological polar surface area (TPSA) is 89.3 Å². The van der Waals surface area contributed by atoms with Crippen molar-refractivity contribution in [2.75, 3.05) is 25.0 Å². The largest absolute Gasteiger partial charge is 0.449 e. The zero-order chi connectivity index (χ0) is 16.1. The lowest BCUT2D eigenvalue weighted by molar-refractivity contribution is 0.131. The molecule has 7 nitrogen and oxygen atoms in total. The number of rotatable bonds is 4. The fourth-order valence-corrected chi connectivity index (χ4v) is 2.57. The van der Waals surface area contributed by atoms with Crippen LogP contribution >= 0.6 is 0 Å². The molecule has 0 unspecified atom stereocenters. The molecule has 1 amide bonds. The summed E-state index contributed by atoms with van der Waals surface area (Å²) in [6, 6.07) is 7.27. The third-order valence-electron chi connectivity index (χ3n) is 3.83. The van der Waals surface area contributed by atoms with E-state index in [1.807, 2.05) is 18.2 Å². The Bertz CT molecular complexity index is 665. The average Bonchev–Trinajstić information content (AvgIpc) is 3.01. The molecule has 1 aromatic heterocycles. The number of nitrogens with zero attached hydrogens (tertiary/aromatic N) is 2. The first kappa shape index (κ1) is 15.5. The summed E-state index contributed by atoms with van der Waals surface area (Å²) in [5.41, 5.74) is 1.26. The van der Waals surface area contributed by atoms with Crippen molar-refractivity contribution >= 4 is 11.8 Å². The fourth-order valence-electron chi connectivity index (χ4n) is 2.57. The number of aryl methyl sites for hydroxylation is 1. The maximum Gasteiger partial charge on any atom is 0.411 e. The standard InChI is InChI=1S/C16H20N4O3/c1-11-18-15(23-20-11)13-4-2-3-5-14(13)19-16(21)22-10-12-6-8-17-9-7-12/h2-5,12,17H,6-10H2,1H3,(H,19,21). The zero-order valence-electron chi connectivity index (χ0n) is 13.0. The van der Waals surface area contributed by atoms with Crippen LogP contribution in [0.25, 0.3) is 11.5 Å². The average molecular weight is 316 g/mol. The first-order chi connectivity index (χ1) is 11.2. The predicted molar refractivity (Wildman–Crippen MR) is 85.0 cm³/mol. The molecule has 1 aliphatic heterocycles. The van der Waals surface area contributed by atoms with Gasteiger partial charge in [0.15, 0.2) is 5.82 Å². The van der Waals surface area contributed by atoms with Crippen molar-refractivity contribution in [1.29, 1.82) is 0 Å². The Labute approximate surface area is 134 Å². The molecule has 0 aliphatic carbocycles. The van der Waals surface area contributed by atoms with E-state index in [-0.39, 0.29) is 0 Å². The Balaban J connectivity index is 1.62. The van der Waals surface area contributed by atoms with Gasteiger partial charge in [0, 0.05) is 0 Å². The number of aromatic nitrogens is 2. The van der Waals surface area contributed by atoms with Crippen LogP contribution in [0.3, 0.4) is 0 Å². The minimum Gasteiger partial charge on any atom is -0.449 e. The third kappa shape index (κ3) is 4.07. The van der Waals surface area contributed by atoms with E-state index < -0.39 is 6.09 Å². The van der Waals surface area contributed by atoms with Gasteiger partial charge in [-0.2, -0.15) is 4.98 Å². The number of para-hydroxylation sites is 1. The van der Waals surface area contributed by atoms with Gasteiger partial charge in [-0.3, -0.25) is 5.32 Å². The second-order valence-electron chi connectivity index (χ2n) is 5.61. The van der Waals surface area contributed by atoms with Crippen molar-refractivity contribution in [2.24, 2.45) is 5.92 Å². The van der Waals surface area contributed by atoms with Crippen LogP contribution in [-0.4, -0.2) is 35.9 Å². The molecule has 0 bridgehead atoms. The van der Waals surface area contributed by atoms with Crippen molar-refractivity contribution < 1.29 is 14.1 Å². The zero-order valence-corrected chi connectivity index (χ0v) is 13.0. The molecule has 2 heterocycles. The van der Waals surface area contributed by atoms with Crippen LogP contribution in [-0.2, 0) is 4.74 Å². The first-order valence-corrected chi connectivity index (χ1v) is 7.76. The minimum atomic E-state index is -0.466. The molecule has 1 aromatic carbocycles. The van der Waals surface area contributed by atoms with Gasteiger partial charge in [-0.1, -0.05) is 17.3 Å². The number of carbonyl (C=O) groups excluding carboxylic acids is 1. The van der Waals surface area contributed by atoms with Crippen molar-refractivity contribution in [2.45, 2.75) is 19.8 Å². The SMILES string of the molecule is Cc1noc(-c2ccccc2NC(=O)OCC2CCNCC2)n1. The van der Waals surface area contributed by atoms with Crippen LogP contribution < -0.4 is 10.6 Å². The van der Waals surface area contributed by atoms with Crippen molar-refractivity contribution in [1.82, 2.24) is 15.5 Å². The lowest BCUT2D eigenvalue weighted by Crippen LogP contribution is -2.31. The Morgan fingerprint density at radius 3 is 2.91 bits per heavy atom. The molecular weight excluding hydrogens is 296 g/mol. The number of piperidine rings is 1. The highest BCUT2D eigenvalue weighted by atomic mass is 16.5. The summed E-state index contributed by atoms with van der Waals surface area (Å²) in [6.07, 6.45) is 1.60. The Morgan fingerprint density at radius 1 is 1.39 bits per heavy atom. The number of carbonyl (C=O) groups is 1. The number of hydrogen-bond donors (Lipinski definition) is 2. The highest BCUT2D eigenvalue weighted by Crippen LogP contribution is 2.26. The van der Waals surface area contributed by atoms with E-state index in [1.54, 1.807) is 13.0 Å². The monoisotopic (exact) mass is 316 g/mol. The summed E-state index contributed by atoms with van der Waals surface area (Å²) in [4.78, 5) is 16.2. The molecule has 122 valence electrons. The number of amides is 1. The quantitative estimate of drug-likeness (QED) is 0.901.